The maximum atomic E-state index is 12.5. The molecule has 7 heteroatoms. The number of rotatable bonds is 7. The predicted octanol–water partition coefficient (Wildman–Crippen LogP) is 1.68. The summed E-state index contributed by atoms with van der Waals surface area (Å²) < 4.78 is 0. The van der Waals surface area contributed by atoms with Crippen LogP contribution < -0.4 is 16.1 Å². The van der Waals surface area contributed by atoms with Gasteiger partial charge in [0.2, 0.25) is 11.3 Å². The number of amides is 2. The maximum absolute atomic E-state index is 12.5. The quantitative estimate of drug-likeness (QED) is 0.570. The zero-order valence-electron chi connectivity index (χ0n) is 16.4. The van der Waals surface area contributed by atoms with E-state index in [1.54, 1.807) is 24.3 Å². The molecule has 2 aromatic carbocycles. The SMILES string of the molecule is CN(C)C(CNC(=O)CNC(=O)c1c[nH]c2ccccc2c1=O)c1ccccc1. The highest BCUT2D eigenvalue weighted by atomic mass is 16.2. The molecule has 150 valence electrons. The minimum atomic E-state index is -0.584. The van der Waals surface area contributed by atoms with Crippen LogP contribution in [-0.2, 0) is 4.79 Å². The van der Waals surface area contributed by atoms with Crippen LogP contribution in [0.3, 0.4) is 0 Å². The van der Waals surface area contributed by atoms with Crippen LogP contribution in [0.4, 0.5) is 0 Å². The number of carbonyl (C=O) groups excluding carboxylic acids is 2. The van der Waals surface area contributed by atoms with Crippen molar-refractivity contribution in [3.05, 3.63) is 82.1 Å². The number of nitrogens with one attached hydrogen (secondary N) is 3. The third kappa shape index (κ3) is 4.89. The normalized spacial score (nSPS) is 12.0. The van der Waals surface area contributed by atoms with Crippen LogP contribution in [0.25, 0.3) is 10.9 Å². The summed E-state index contributed by atoms with van der Waals surface area (Å²) >= 11 is 0. The van der Waals surface area contributed by atoms with E-state index in [1.807, 2.05) is 49.3 Å². The lowest BCUT2D eigenvalue weighted by Gasteiger charge is -2.25. The lowest BCUT2D eigenvalue weighted by atomic mass is 10.1. The second-order valence-electron chi connectivity index (χ2n) is 6.95. The van der Waals surface area contributed by atoms with Crippen molar-refractivity contribution in [2.24, 2.45) is 0 Å². The van der Waals surface area contributed by atoms with E-state index < -0.39 is 5.91 Å². The number of pyridine rings is 1. The summed E-state index contributed by atoms with van der Waals surface area (Å²) in [7, 11) is 3.88. The van der Waals surface area contributed by atoms with Gasteiger partial charge < -0.3 is 20.5 Å². The Kier molecular flexibility index (Phi) is 6.41. The first-order valence-corrected chi connectivity index (χ1v) is 9.34. The Balaban J connectivity index is 1.58. The number of fused-ring (bicyclic) bond motifs is 1. The van der Waals surface area contributed by atoms with Crippen LogP contribution in [0.5, 0.6) is 0 Å². The Hall–Kier alpha value is -3.45. The molecule has 0 aliphatic carbocycles. The van der Waals surface area contributed by atoms with Crippen LogP contribution >= 0.6 is 0 Å². The van der Waals surface area contributed by atoms with Crippen LogP contribution in [-0.4, -0.2) is 48.9 Å². The highest BCUT2D eigenvalue weighted by Crippen LogP contribution is 2.16. The summed E-state index contributed by atoms with van der Waals surface area (Å²) in [5.74, 6) is -0.905. The number of benzene rings is 2. The second-order valence-corrected chi connectivity index (χ2v) is 6.95. The van der Waals surface area contributed by atoms with Crippen LogP contribution in [0, 0.1) is 0 Å². The fourth-order valence-electron chi connectivity index (χ4n) is 3.14. The van der Waals surface area contributed by atoms with Gasteiger partial charge in [-0.3, -0.25) is 14.4 Å². The molecule has 1 atom stereocenters. The number of likely N-dealkylation sites (N-methyl/N-ethyl adjacent to an activating group) is 1. The molecule has 2 amide bonds. The van der Waals surface area contributed by atoms with Crippen LogP contribution in [0.1, 0.15) is 22.0 Å². The molecule has 0 aliphatic rings. The number of hydrogen-bond donors (Lipinski definition) is 3. The number of carbonyl (C=O) groups is 2. The van der Waals surface area contributed by atoms with Crippen LogP contribution in [0.15, 0.2) is 65.6 Å². The maximum Gasteiger partial charge on any atom is 0.257 e. The fourth-order valence-corrected chi connectivity index (χ4v) is 3.14. The molecule has 1 aromatic heterocycles. The Bertz CT molecular complexity index is 1060. The lowest BCUT2D eigenvalue weighted by molar-refractivity contribution is -0.120. The number of aromatic amines is 1. The molecule has 3 N–H and O–H groups in total. The molecule has 3 rings (SSSR count). The molecule has 0 fully saturated rings. The first kappa shape index (κ1) is 20.3. The van der Waals surface area contributed by atoms with Gasteiger partial charge in [-0.15, -0.1) is 0 Å². The van der Waals surface area contributed by atoms with Gasteiger partial charge in [0.15, 0.2) is 0 Å². The van der Waals surface area contributed by atoms with E-state index in [4.69, 9.17) is 0 Å². The topological polar surface area (TPSA) is 94.3 Å². The smallest absolute Gasteiger partial charge is 0.257 e. The molecule has 3 aromatic rings. The number of nitrogens with zero attached hydrogens (tertiary/aromatic N) is 1. The summed E-state index contributed by atoms with van der Waals surface area (Å²) in [5, 5.41) is 5.78. The fraction of sp³-hybridized carbons (Fsp3) is 0.227. The van der Waals surface area contributed by atoms with Gasteiger partial charge in [0.1, 0.15) is 5.56 Å². The summed E-state index contributed by atoms with van der Waals surface area (Å²) in [6.07, 6.45) is 1.37. The zero-order chi connectivity index (χ0) is 20.8. The first-order chi connectivity index (χ1) is 14.0. The molecule has 29 heavy (non-hydrogen) atoms. The van der Waals surface area contributed by atoms with Crippen molar-refractivity contribution in [2.45, 2.75) is 6.04 Å². The second kappa shape index (κ2) is 9.16. The molecule has 0 bridgehead atoms. The molecule has 0 radical (unpaired) electrons. The highest BCUT2D eigenvalue weighted by molar-refractivity contribution is 5.98. The van der Waals surface area contributed by atoms with Gasteiger partial charge >= 0.3 is 0 Å². The molecule has 7 nitrogen and oxygen atoms in total. The molecule has 0 saturated carbocycles. The summed E-state index contributed by atoms with van der Waals surface area (Å²) in [5.41, 5.74) is 1.35. The van der Waals surface area contributed by atoms with Gasteiger partial charge in [-0.1, -0.05) is 42.5 Å². The van der Waals surface area contributed by atoms with Crippen LogP contribution in [0.2, 0.25) is 0 Å². The zero-order valence-corrected chi connectivity index (χ0v) is 16.4. The monoisotopic (exact) mass is 392 g/mol. The van der Waals surface area contributed by atoms with E-state index in [-0.39, 0.29) is 29.5 Å². The number of para-hydroxylation sites is 1. The Morgan fingerprint density at radius 2 is 1.69 bits per heavy atom. The van der Waals surface area contributed by atoms with Gasteiger partial charge in [0.25, 0.3) is 5.91 Å². The van der Waals surface area contributed by atoms with Gasteiger partial charge in [-0.05, 0) is 31.8 Å². The molecule has 1 unspecified atom stereocenters. The molecule has 0 spiro atoms. The number of aromatic nitrogens is 1. The minimum Gasteiger partial charge on any atom is -0.360 e. The molecule has 0 saturated heterocycles. The van der Waals surface area contributed by atoms with E-state index in [9.17, 15) is 14.4 Å². The first-order valence-electron chi connectivity index (χ1n) is 9.34. The van der Waals surface area contributed by atoms with Crippen molar-refractivity contribution in [1.82, 2.24) is 20.5 Å². The van der Waals surface area contributed by atoms with Crippen molar-refractivity contribution in [1.29, 1.82) is 0 Å². The predicted molar refractivity (Wildman–Crippen MR) is 113 cm³/mol. The molecule has 1 heterocycles. The van der Waals surface area contributed by atoms with Crippen molar-refractivity contribution in [2.75, 3.05) is 27.2 Å². The van der Waals surface area contributed by atoms with Gasteiger partial charge in [0.05, 0.1) is 12.6 Å². The summed E-state index contributed by atoms with van der Waals surface area (Å²) in [6.45, 7) is 0.197. The van der Waals surface area contributed by atoms with E-state index in [2.05, 4.69) is 15.6 Å². The minimum absolute atomic E-state index is 0.0131. The standard InChI is InChI=1S/C22H24N4O3/c1-26(2)19(15-8-4-3-5-9-15)13-24-20(27)14-25-22(29)17-12-23-18-11-7-6-10-16(18)21(17)28/h3-12,19H,13-14H2,1-2H3,(H,23,28)(H,24,27)(H,25,29). The van der Waals surface area contributed by atoms with Gasteiger partial charge in [-0.25, -0.2) is 0 Å². The van der Waals surface area contributed by atoms with Crippen molar-refractivity contribution < 1.29 is 9.59 Å². The van der Waals surface area contributed by atoms with Crippen molar-refractivity contribution >= 4 is 22.7 Å². The highest BCUT2D eigenvalue weighted by Gasteiger charge is 2.17. The van der Waals surface area contributed by atoms with Crippen molar-refractivity contribution in [3.8, 4) is 0 Å². The Morgan fingerprint density at radius 3 is 2.41 bits per heavy atom. The molecule has 0 aliphatic heterocycles. The number of H-pyrrole nitrogens is 1. The lowest BCUT2D eigenvalue weighted by Crippen LogP contribution is -2.41. The summed E-state index contributed by atoms with van der Waals surface area (Å²) in [6, 6.07) is 16.8. The van der Waals surface area contributed by atoms with Gasteiger partial charge in [-0.2, -0.15) is 0 Å². The van der Waals surface area contributed by atoms with Crippen molar-refractivity contribution in [3.63, 3.8) is 0 Å². The van der Waals surface area contributed by atoms with E-state index in [0.717, 1.165) is 5.56 Å². The third-order valence-corrected chi connectivity index (χ3v) is 4.74. The van der Waals surface area contributed by atoms with E-state index in [1.165, 1.54) is 6.20 Å². The van der Waals surface area contributed by atoms with E-state index >= 15 is 0 Å². The Labute approximate surface area is 168 Å². The number of hydrogen-bond acceptors (Lipinski definition) is 4. The average Bonchev–Trinajstić information content (AvgIpc) is 2.73. The van der Waals surface area contributed by atoms with E-state index in [0.29, 0.717) is 17.4 Å². The molecular weight excluding hydrogens is 368 g/mol. The largest absolute Gasteiger partial charge is 0.360 e. The average molecular weight is 392 g/mol. The van der Waals surface area contributed by atoms with Gasteiger partial charge in [0, 0.05) is 23.6 Å². The third-order valence-electron chi connectivity index (χ3n) is 4.74. The summed E-state index contributed by atoms with van der Waals surface area (Å²) in [4.78, 5) is 42.0. The Morgan fingerprint density at radius 1 is 1.00 bits per heavy atom. The molecular formula is C22H24N4O3.